The number of hydrogen-bond donors (Lipinski definition) is 2. The van der Waals surface area contributed by atoms with Gasteiger partial charge in [0.2, 0.25) is 0 Å². The fourth-order valence-corrected chi connectivity index (χ4v) is 4.52. The number of carboxylic acids is 1. The number of rotatable bonds is 7. The third-order valence-corrected chi connectivity index (χ3v) is 6.18. The van der Waals surface area contributed by atoms with E-state index in [1.807, 2.05) is 0 Å². The van der Waals surface area contributed by atoms with Crippen LogP contribution < -0.4 is 10.9 Å². The third-order valence-electron chi connectivity index (χ3n) is 6.18. The van der Waals surface area contributed by atoms with Gasteiger partial charge in [0.25, 0.3) is 11.5 Å². The van der Waals surface area contributed by atoms with E-state index in [9.17, 15) is 19.5 Å². The summed E-state index contributed by atoms with van der Waals surface area (Å²) >= 11 is 0. The van der Waals surface area contributed by atoms with Gasteiger partial charge in [-0.25, -0.2) is 0 Å². The SMILES string of the molecule is COCCn1c2c(cc(C(=O)NC3(CC(=O)O)CCOCC3)c1=O)CCCCCC2. The van der Waals surface area contributed by atoms with Crippen molar-refractivity contribution in [3.05, 3.63) is 33.2 Å². The lowest BCUT2D eigenvalue weighted by Gasteiger charge is -2.36. The number of aliphatic carboxylic acids is 1. The fourth-order valence-electron chi connectivity index (χ4n) is 4.52. The molecule has 1 aliphatic carbocycles. The quantitative estimate of drug-likeness (QED) is 0.698. The van der Waals surface area contributed by atoms with Gasteiger partial charge in [0, 0.05) is 32.6 Å². The van der Waals surface area contributed by atoms with Crippen LogP contribution in [0.15, 0.2) is 10.9 Å². The highest BCUT2D eigenvalue weighted by molar-refractivity contribution is 5.95. The minimum Gasteiger partial charge on any atom is -0.481 e. The maximum atomic E-state index is 13.3. The van der Waals surface area contributed by atoms with E-state index >= 15 is 0 Å². The van der Waals surface area contributed by atoms with Crippen LogP contribution in [0.5, 0.6) is 0 Å². The second-order valence-electron chi connectivity index (χ2n) is 8.31. The Morgan fingerprint density at radius 3 is 2.57 bits per heavy atom. The molecule has 0 spiro atoms. The van der Waals surface area contributed by atoms with Crippen molar-refractivity contribution in [1.29, 1.82) is 0 Å². The minimum absolute atomic E-state index is 0.0849. The number of nitrogens with one attached hydrogen (secondary N) is 1. The van der Waals surface area contributed by atoms with Crippen molar-refractivity contribution in [1.82, 2.24) is 9.88 Å². The molecule has 8 heteroatoms. The molecule has 1 saturated heterocycles. The largest absolute Gasteiger partial charge is 0.481 e. The number of ether oxygens (including phenoxy) is 2. The van der Waals surface area contributed by atoms with E-state index in [2.05, 4.69) is 5.32 Å². The van der Waals surface area contributed by atoms with Crippen molar-refractivity contribution in [2.45, 2.75) is 69.9 Å². The summed E-state index contributed by atoms with van der Waals surface area (Å²) in [7, 11) is 1.59. The smallest absolute Gasteiger partial charge is 0.305 e. The van der Waals surface area contributed by atoms with E-state index in [1.54, 1.807) is 17.7 Å². The third kappa shape index (κ3) is 5.29. The van der Waals surface area contributed by atoms with Crippen LogP contribution >= 0.6 is 0 Å². The maximum absolute atomic E-state index is 13.3. The number of nitrogens with zero attached hydrogens (tertiary/aromatic N) is 1. The van der Waals surface area contributed by atoms with Gasteiger partial charge in [-0.3, -0.25) is 14.4 Å². The number of hydrogen-bond acceptors (Lipinski definition) is 5. The summed E-state index contributed by atoms with van der Waals surface area (Å²) in [6, 6.07) is 1.73. The van der Waals surface area contributed by atoms with Crippen LogP contribution in [0, 0.1) is 0 Å². The molecule has 2 N–H and O–H groups in total. The second kappa shape index (κ2) is 10.2. The molecular formula is C22H32N2O6. The van der Waals surface area contributed by atoms with Crippen molar-refractivity contribution in [2.24, 2.45) is 0 Å². The van der Waals surface area contributed by atoms with Gasteiger partial charge in [-0.05, 0) is 50.2 Å². The van der Waals surface area contributed by atoms with Crippen molar-refractivity contribution in [3.63, 3.8) is 0 Å². The fraction of sp³-hybridized carbons (Fsp3) is 0.682. The minimum atomic E-state index is -0.979. The number of carboxylic acid groups (broad SMARTS) is 1. The first-order valence-electron chi connectivity index (χ1n) is 10.8. The van der Waals surface area contributed by atoms with Gasteiger partial charge >= 0.3 is 5.97 Å². The number of methoxy groups -OCH3 is 1. The molecule has 0 saturated carbocycles. The Morgan fingerprint density at radius 1 is 1.20 bits per heavy atom. The first-order chi connectivity index (χ1) is 14.5. The molecule has 8 nitrogen and oxygen atoms in total. The molecule has 0 aromatic carbocycles. The summed E-state index contributed by atoms with van der Waals surface area (Å²) in [5.74, 6) is -1.48. The second-order valence-corrected chi connectivity index (χ2v) is 8.31. The first-order valence-corrected chi connectivity index (χ1v) is 10.8. The molecule has 166 valence electrons. The van der Waals surface area contributed by atoms with Crippen LogP contribution in [-0.4, -0.2) is 54.0 Å². The van der Waals surface area contributed by atoms with E-state index in [1.165, 1.54) is 0 Å². The normalized spacial score (nSPS) is 18.7. The molecular weight excluding hydrogens is 388 g/mol. The van der Waals surface area contributed by atoms with Crippen LogP contribution in [0.4, 0.5) is 0 Å². The van der Waals surface area contributed by atoms with Crippen LogP contribution in [0.2, 0.25) is 0 Å². The zero-order chi connectivity index (χ0) is 21.6. The highest BCUT2D eigenvalue weighted by atomic mass is 16.5. The molecule has 0 unspecified atom stereocenters. The van der Waals surface area contributed by atoms with Gasteiger partial charge in [-0.2, -0.15) is 0 Å². The Morgan fingerprint density at radius 2 is 1.90 bits per heavy atom. The Hall–Kier alpha value is -2.19. The summed E-state index contributed by atoms with van der Waals surface area (Å²) in [4.78, 5) is 37.9. The Labute approximate surface area is 176 Å². The maximum Gasteiger partial charge on any atom is 0.305 e. The van der Waals surface area contributed by atoms with E-state index < -0.39 is 17.4 Å². The summed E-state index contributed by atoms with van der Waals surface area (Å²) in [6.07, 6.45) is 6.60. The number of carbonyl (C=O) groups is 2. The van der Waals surface area contributed by atoms with Gasteiger partial charge in [-0.1, -0.05) is 12.8 Å². The van der Waals surface area contributed by atoms with Gasteiger partial charge in [0.05, 0.1) is 18.6 Å². The average molecular weight is 421 g/mol. The van der Waals surface area contributed by atoms with Gasteiger partial charge < -0.3 is 24.5 Å². The van der Waals surface area contributed by atoms with Gasteiger partial charge in [-0.15, -0.1) is 0 Å². The Balaban J connectivity index is 1.97. The van der Waals surface area contributed by atoms with Crippen molar-refractivity contribution >= 4 is 11.9 Å². The molecule has 1 aliphatic heterocycles. The van der Waals surface area contributed by atoms with Gasteiger partial charge in [0.15, 0.2) is 0 Å². The zero-order valence-corrected chi connectivity index (χ0v) is 17.7. The average Bonchev–Trinajstić information content (AvgIpc) is 2.68. The monoisotopic (exact) mass is 420 g/mol. The van der Waals surface area contributed by atoms with E-state index in [0.29, 0.717) is 39.2 Å². The number of amides is 1. The number of pyridine rings is 1. The molecule has 30 heavy (non-hydrogen) atoms. The van der Waals surface area contributed by atoms with Crippen LogP contribution in [0.1, 0.15) is 66.6 Å². The zero-order valence-electron chi connectivity index (χ0n) is 17.7. The van der Waals surface area contributed by atoms with Crippen LogP contribution in [0.3, 0.4) is 0 Å². The van der Waals surface area contributed by atoms with Crippen molar-refractivity contribution < 1.29 is 24.2 Å². The Bertz CT molecular complexity index is 826. The molecule has 0 atom stereocenters. The lowest BCUT2D eigenvalue weighted by molar-refractivity contribution is -0.139. The molecule has 1 amide bonds. The van der Waals surface area contributed by atoms with Crippen molar-refractivity contribution in [2.75, 3.05) is 26.9 Å². The summed E-state index contributed by atoms with van der Waals surface area (Å²) in [6.45, 7) is 1.55. The van der Waals surface area contributed by atoms with Crippen molar-refractivity contribution in [3.8, 4) is 0 Å². The molecule has 1 aromatic heterocycles. The van der Waals surface area contributed by atoms with E-state index in [4.69, 9.17) is 9.47 Å². The highest BCUT2D eigenvalue weighted by Crippen LogP contribution is 2.26. The standard InChI is InChI=1S/C22H32N2O6/c1-29-13-10-24-18-7-5-3-2-4-6-16(18)14-17(21(24)28)20(27)23-22(15-19(25)26)8-11-30-12-9-22/h14H,2-13,15H2,1H3,(H,23,27)(H,25,26). The molecule has 0 bridgehead atoms. The van der Waals surface area contributed by atoms with Crippen LogP contribution in [-0.2, 0) is 33.7 Å². The molecule has 3 rings (SSSR count). The molecule has 1 aromatic rings. The number of fused-ring (bicyclic) bond motifs is 1. The van der Waals surface area contributed by atoms with E-state index in [0.717, 1.165) is 49.8 Å². The molecule has 2 heterocycles. The van der Waals surface area contributed by atoms with Gasteiger partial charge in [0.1, 0.15) is 5.56 Å². The number of aryl methyl sites for hydroxylation is 1. The lowest BCUT2D eigenvalue weighted by Crippen LogP contribution is -2.54. The molecule has 1 fully saturated rings. The van der Waals surface area contributed by atoms with Crippen LogP contribution in [0.25, 0.3) is 0 Å². The summed E-state index contributed by atoms with van der Waals surface area (Å²) in [5, 5.41) is 12.2. The first kappa shape index (κ1) is 22.5. The summed E-state index contributed by atoms with van der Waals surface area (Å²) in [5.41, 5.74) is 0.896. The van der Waals surface area contributed by atoms with E-state index in [-0.39, 0.29) is 17.5 Å². The predicted octanol–water partition coefficient (Wildman–Crippen LogP) is 1.91. The highest BCUT2D eigenvalue weighted by Gasteiger charge is 2.37. The molecule has 0 radical (unpaired) electrons. The lowest BCUT2D eigenvalue weighted by atomic mass is 9.86. The summed E-state index contributed by atoms with van der Waals surface area (Å²) < 4.78 is 12.2. The molecule has 2 aliphatic rings. The topological polar surface area (TPSA) is 107 Å². The Kier molecular flexibility index (Phi) is 7.66. The number of carbonyl (C=O) groups excluding carboxylic acids is 1. The predicted molar refractivity (Wildman–Crippen MR) is 111 cm³/mol. The number of aromatic nitrogens is 1.